The van der Waals surface area contributed by atoms with E-state index in [0.29, 0.717) is 5.56 Å². The number of benzene rings is 2. The molecule has 0 bridgehead atoms. The van der Waals surface area contributed by atoms with Gasteiger partial charge in [0, 0.05) is 30.9 Å². The Morgan fingerprint density at radius 2 is 1.72 bits per heavy atom. The lowest BCUT2D eigenvalue weighted by Crippen LogP contribution is -2.18. The standard InChI is InChI=1S/C20H21N3O2/c1-24-19-12-18(23-9-3-4-10-23)20(25-2)11-16(19)14-22-17-7-5-15(13-21)6-8-17/h5-8,11-12,14H,3-4,9-10H2,1-2H3. The second kappa shape index (κ2) is 7.71. The quantitative estimate of drug-likeness (QED) is 0.777. The maximum atomic E-state index is 8.86. The van der Waals surface area contributed by atoms with Crippen molar-refractivity contribution in [3.63, 3.8) is 0 Å². The molecule has 1 heterocycles. The Hall–Kier alpha value is -3.00. The van der Waals surface area contributed by atoms with Gasteiger partial charge in [-0.1, -0.05) is 0 Å². The summed E-state index contributed by atoms with van der Waals surface area (Å²) in [4.78, 5) is 6.80. The van der Waals surface area contributed by atoms with Crippen molar-refractivity contribution in [2.75, 3.05) is 32.2 Å². The number of aliphatic imine (C=N–C) groups is 1. The third-order valence-corrected chi connectivity index (χ3v) is 4.33. The predicted molar refractivity (Wildman–Crippen MR) is 99.4 cm³/mol. The van der Waals surface area contributed by atoms with Crippen LogP contribution in [0.1, 0.15) is 24.0 Å². The highest BCUT2D eigenvalue weighted by Gasteiger charge is 2.19. The number of methoxy groups -OCH3 is 2. The Bertz CT molecular complexity index is 801. The zero-order valence-corrected chi connectivity index (χ0v) is 14.5. The van der Waals surface area contributed by atoms with Gasteiger partial charge in [0.25, 0.3) is 0 Å². The molecule has 5 heteroatoms. The molecule has 0 spiro atoms. The normalized spacial score (nSPS) is 13.9. The first kappa shape index (κ1) is 16.8. The summed E-state index contributed by atoms with van der Waals surface area (Å²) in [5.41, 5.74) is 3.32. The molecule has 1 aliphatic rings. The fourth-order valence-electron chi connectivity index (χ4n) is 2.98. The summed E-state index contributed by atoms with van der Waals surface area (Å²) in [6, 6.07) is 13.2. The van der Waals surface area contributed by atoms with Crippen molar-refractivity contribution in [3.8, 4) is 17.6 Å². The third-order valence-electron chi connectivity index (χ3n) is 4.33. The van der Waals surface area contributed by atoms with E-state index in [1.807, 2.05) is 24.3 Å². The lowest BCUT2D eigenvalue weighted by molar-refractivity contribution is 0.402. The van der Waals surface area contributed by atoms with E-state index >= 15 is 0 Å². The third kappa shape index (κ3) is 3.74. The minimum absolute atomic E-state index is 0.619. The molecule has 0 N–H and O–H groups in total. The molecule has 5 nitrogen and oxygen atoms in total. The van der Waals surface area contributed by atoms with Crippen molar-refractivity contribution in [1.82, 2.24) is 0 Å². The van der Waals surface area contributed by atoms with Gasteiger partial charge in [0.15, 0.2) is 0 Å². The molecule has 0 aliphatic carbocycles. The molecule has 25 heavy (non-hydrogen) atoms. The molecule has 0 saturated carbocycles. The topological polar surface area (TPSA) is 57.9 Å². The summed E-state index contributed by atoms with van der Waals surface area (Å²) in [6.07, 6.45) is 4.16. The van der Waals surface area contributed by atoms with Gasteiger partial charge in [-0.25, -0.2) is 0 Å². The lowest BCUT2D eigenvalue weighted by Gasteiger charge is -2.22. The van der Waals surface area contributed by atoms with Crippen LogP contribution in [0.5, 0.6) is 11.5 Å². The van der Waals surface area contributed by atoms with Crippen molar-refractivity contribution >= 4 is 17.6 Å². The predicted octanol–water partition coefficient (Wildman–Crippen LogP) is 3.93. The van der Waals surface area contributed by atoms with E-state index in [4.69, 9.17) is 14.7 Å². The van der Waals surface area contributed by atoms with Crippen molar-refractivity contribution in [2.45, 2.75) is 12.8 Å². The number of anilines is 1. The summed E-state index contributed by atoms with van der Waals surface area (Å²) in [7, 11) is 3.34. The highest BCUT2D eigenvalue weighted by molar-refractivity contribution is 5.88. The summed E-state index contributed by atoms with van der Waals surface area (Å²) >= 11 is 0. The Morgan fingerprint density at radius 3 is 2.32 bits per heavy atom. The summed E-state index contributed by atoms with van der Waals surface area (Å²) in [6.45, 7) is 2.08. The van der Waals surface area contributed by atoms with Crippen LogP contribution in [0, 0.1) is 11.3 Å². The molecular formula is C20H21N3O2. The SMILES string of the molecule is COc1cc(N2CCCC2)c(OC)cc1C=Nc1ccc(C#N)cc1. The van der Waals surface area contributed by atoms with E-state index in [1.165, 1.54) is 12.8 Å². The zero-order valence-electron chi connectivity index (χ0n) is 14.5. The van der Waals surface area contributed by atoms with Gasteiger partial charge >= 0.3 is 0 Å². The smallest absolute Gasteiger partial charge is 0.143 e. The van der Waals surface area contributed by atoms with E-state index < -0.39 is 0 Å². The van der Waals surface area contributed by atoms with Crippen LogP contribution in [-0.2, 0) is 0 Å². The lowest BCUT2D eigenvalue weighted by atomic mass is 10.1. The van der Waals surface area contributed by atoms with Crippen molar-refractivity contribution in [2.24, 2.45) is 4.99 Å². The second-order valence-electron chi connectivity index (χ2n) is 5.88. The molecule has 2 aromatic rings. The zero-order chi connectivity index (χ0) is 17.6. The van der Waals surface area contributed by atoms with Crippen LogP contribution in [0.25, 0.3) is 0 Å². The monoisotopic (exact) mass is 335 g/mol. The molecule has 0 aromatic heterocycles. The minimum atomic E-state index is 0.619. The highest BCUT2D eigenvalue weighted by atomic mass is 16.5. The van der Waals surface area contributed by atoms with E-state index in [9.17, 15) is 0 Å². The van der Waals surface area contributed by atoms with Crippen LogP contribution in [0.4, 0.5) is 11.4 Å². The first-order valence-corrected chi connectivity index (χ1v) is 8.30. The minimum Gasteiger partial charge on any atom is -0.496 e. The summed E-state index contributed by atoms with van der Waals surface area (Å²) in [5, 5.41) is 8.86. The van der Waals surface area contributed by atoms with Crippen LogP contribution in [0.15, 0.2) is 41.4 Å². The molecule has 0 amide bonds. The fourth-order valence-corrected chi connectivity index (χ4v) is 2.98. The van der Waals surface area contributed by atoms with E-state index in [-0.39, 0.29) is 0 Å². The first-order valence-electron chi connectivity index (χ1n) is 8.30. The molecule has 2 aromatic carbocycles. The first-order chi connectivity index (χ1) is 12.2. The molecule has 1 aliphatic heterocycles. The van der Waals surface area contributed by atoms with E-state index in [1.54, 1.807) is 32.6 Å². The van der Waals surface area contributed by atoms with Gasteiger partial charge in [0.1, 0.15) is 11.5 Å². The molecule has 0 atom stereocenters. The van der Waals surface area contributed by atoms with Gasteiger partial charge in [0.05, 0.1) is 37.2 Å². The maximum absolute atomic E-state index is 8.86. The van der Waals surface area contributed by atoms with Crippen LogP contribution in [0.2, 0.25) is 0 Å². The molecule has 0 unspecified atom stereocenters. The number of hydrogen-bond acceptors (Lipinski definition) is 5. The van der Waals surface area contributed by atoms with Gasteiger partial charge in [-0.2, -0.15) is 5.26 Å². The Balaban J connectivity index is 1.91. The summed E-state index contributed by atoms with van der Waals surface area (Å²) < 4.78 is 11.1. The van der Waals surface area contributed by atoms with Crippen LogP contribution in [0.3, 0.4) is 0 Å². The van der Waals surface area contributed by atoms with E-state index in [2.05, 4.69) is 16.0 Å². The Kier molecular flexibility index (Phi) is 5.20. The molecule has 0 radical (unpaired) electrons. The average Bonchev–Trinajstić information content (AvgIpc) is 3.20. The maximum Gasteiger partial charge on any atom is 0.143 e. The number of nitrogens with zero attached hydrogens (tertiary/aromatic N) is 3. The van der Waals surface area contributed by atoms with Crippen LogP contribution >= 0.6 is 0 Å². The van der Waals surface area contributed by atoms with Crippen molar-refractivity contribution < 1.29 is 9.47 Å². The largest absolute Gasteiger partial charge is 0.496 e. The fraction of sp³-hybridized carbons (Fsp3) is 0.300. The van der Waals surface area contributed by atoms with Crippen LogP contribution in [-0.4, -0.2) is 33.5 Å². The van der Waals surface area contributed by atoms with Gasteiger partial charge in [-0.15, -0.1) is 0 Å². The molecular weight excluding hydrogens is 314 g/mol. The molecule has 128 valence electrons. The van der Waals surface area contributed by atoms with Gasteiger partial charge < -0.3 is 14.4 Å². The number of nitriles is 1. The highest BCUT2D eigenvalue weighted by Crippen LogP contribution is 2.36. The Morgan fingerprint density at radius 1 is 1.04 bits per heavy atom. The number of ether oxygens (including phenoxy) is 2. The number of hydrogen-bond donors (Lipinski definition) is 0. The van der Waals surface area contributed by atoms with Gasteiger partial charge in [-0.3, -0.25) is 4.99 Å². The Labute approximate surface area is 148 Å². The molecule has 1 fully saturated rings. The van der Waals surface area contributed by atoms with Crippen LogP contribution < -0.4 is 14.4 Å². The summed E-state index contributed by atoms with van der Waals surface area (Å²) in [5.74, 6) is 1.59. The second-order valence-corrected chi connectivity index (χ2v) is 5.88. The van der Waals surface area contributed by atoms with Gasteiger partial charge in [-0.05, 0) is 43.2 Å². The van der Waals surface area contributed by atoms with Crippen molar-refractivity contribution in [1.29, 1.82) is 5.26 Å². The van der Waals surface area contributed by atoms with E-state index in [0.717, 1.165) is 41.5 Å². The van der Waals surface area contributed by atoms with Gasteiger partial charge in [0.2, 0.25) is 0 Å². The molecule has 3 rings (SSSR count). The van der Waals surface area contributed by atoms with Crippen molar-refractivity contribution in [3.05, 3.63) is 47.5 Å². The average molecular weight is 335 g/mol. The number of rotatable bonds is 5. The molecule has 1 saturated heterocycles.